The summed E-state index contributed by atoms with van der Waals surface area (Å²) in [4.78, 5) is 0. The smallest absolute Gasteiger partial charge is 0.0684 e. The van der Waals surface area contributed by atoms with Gasteiger partial charge in [-0.1, -0.05) is 54.6 Å². The van der Waals surface area contributed by atoms with E-state index in [1.807, 2.05) is 24.3 Å². The summed E-state index contributed by atoms with van der Waals surface area (Å²) < 4.78 is 0. The number of aliphatic hydroxyl groups is 1. The quantitative estimate of drug-likeness (QED) is 0.826. The number of hydrogen-bond acceptors (Lipinski definition) is 1. The number of rotatable bonds is 4. The minimum absolute atomic E-state index is 0.130. The van der Waals surface area contributed by atoms with Crippen molar-refractivity contribution in [2.75, 3.05) is 0 Å². The van der Waals surface area contributed by atoms with E-state index in [4.69, 9.17) is 0 Å². The van der Waals surface area contributed by atoms with Crippen LogP contribution in [0.5, 0.6) is 0 Å². The van der Waals surface area contributed by atoms with Crippen LogP contribution in [0.15, 0.2) is 54.6 Å². The molecule has 0 saturated heterocycles. The van der Waals surface area contributed by atoms with Crippen LogP contribution in [-0.4, -0.2) is 5.11 Å². The van der Waals surface area contributed by atoms with Gasteiger partial charge in [0.1, 0.15) is 0 Å². The van der Waals surface area contributed by atoms with Crippen molar-refractivity contribution < 1.29 is 5.11 Å². The molecule has 82 valence electrons. The second kappa shape index (κ2) is 5.47. The van der Waals surface area contributed by atoms with Gasteiger partial charge in [-0.25, -0.2) is 0 Å². The zero-order valence-electron chi connectivity index (χ0n) is 9.26. The Bertz CT molecular complexity index is 434. The molecule has 2 rings (SSSR count). The summed E-state index contributed by atoms with van der Waals surface area (Å²) in [6, 6.07) is 18.5. The molecule has 0 aromatic heterocycles. The van der Waals surface area contributed by atoms with Gasteiger partial charge >= 0.3 is 0 Å². The van der Waals surface area contributed by atoms with Gasteiger partial charge in [-0.3, -0.25) is 0 Å². The lowest BCUT2D eigenvalue weighted by molar-refractivity contribution is 0.280. The molecule has 0 unspecified atom stereocenters. The maximum Gasteiger partial charge on any atom is 0.0684 e. The summed E-state index contributed by atoms with van der Waals surface area (Å²) in [6.45, 7) is 0.130. The molecule has 1 heteroatoms. The lowest BCUT2D eigenvalue weighted by Crippen LogP contribution is -1.96. The Morgan fingerprint density at radius 2 is 1.31 bits per heavy atom. The molecule has 0 radical (unpaired) electrons. The number of aliphatic hydroxyl groups excluding tert-OH is 1. The highest BCUT2D eigenvalue weighted by atomic mass is 16.3. The molecule has 2 aromatic rings. The van der Waals surface area contributed by atoms with Crippen LogP contribution in [0.1, 0.15) is 16.7 Å². The van der Waals surface area contributed by atoms with E-state index in [1.54, 1.807) is 0 Å². The van der Waals surface area contributed by atoms with Crippen LogP contribution in [0.3, 0.4) is 0 Å². The summed E-state index contributed by atoms with van der Waals surface area (Å²) >= 11 is 0. The van der Waals surface area contributed by atoms with Crippen molar-refractivity contribution in [3.8, 4) is 0 Å². The van der Waals surface area contributed by atoms with E-state index in [9.17, 15) is 5.11 Å². The van der Waals surface area contributed by atoms with Crippen LogP contribution in [0.25, 0.3) is 0 Å². The predicted molar refractivity (Wildman–Crippen MR) is 66.2 cm³/mol. The summed E-state index contributed by atoms with van der Waals surface area (Å²) in [5.41, 5.74) is 3.63. The van der Waals surface area contributed by atoms with Crippen LogP contribution >= 0.6 is 0 Å². The van der Waals surface area contributed by atoms with Gasteiger partial charge in [-0.05, 0) is 29.5 Å². The van der Waals surface area contributed by atoms with Gasteiger partial charge in [0.05, 0.1) is 6.61 Å². The molecule has 1 N–H and O–H groups in total. The maximum atomic E-state index is 9.22. The summed E-state index contributed by atoms with van der Waals surface area (Å²) in [5.74, 6) is 0. The molecule has 0 bridgehead atoms. The Labute approximate surface area is 96.4 Å². The molecular formula is C15H16O. The van der Waals surface area contributed by atoms with Crippen molar-refractivity contribution in [3.63, 3.8) is 0 Å². The van der Waals surface area contributed by atoms with Gasteiger partial charge in [0.25, 0.3) is 0 Å². The molecule has 0 atom stereocenters. The van der Waals surface area contributed by atoms with E-state index in [-0.39, 0.29) is 6.61 Å². The van der Waals surface area contributed by atoms with Gasteiger partial charge < -0.3 is 5.11 Å². The lowest BCUT2D eigenvalue weighted by Gasteiger charge is -2.06. The third-order valence-corrected chi connectivity index (χ3v) is 2.81. The number of benzene rings is 2. The molecule has 0 aliphatic carbocycles. The first-order valence-electron chi connectivity index (χ1n) is 5.61. The summed E-state index contributed by atoms with van der Waals surface area (Å²) in [5, 5.41) is 9.22. The molecule has 0 saturated carbocycles. The summed E-state index contributed by atoms with van der Waals surface area (Å²) in [7, 11) is 0. The van der Waals surface area contributed by atoms with Gasteiger partial charge in [0, 0.05) is 0 Å². The van der Waals surface area contributed by atoms with E-state index in [0.29, 0.717) is 0 Å². The van der Waals surface area contributed by atoms with Crippen molar-refractivity contribution in [2.45, 2.75) is 19.4 Å². The molecular weight excluding hydrogens is 196 g/mol. The first-order chi connectivity index (χ1) is 7.90. The minimum Gasteiger partial charge on any atom is -0.392 e. The van der Waals surface area contributed by atoms with Crippen molar-refractivity contribution in [2.24, 2.45) is 0 Å². The standard InChI is InChI=1S/C15H16O/c16-12-15-9-5-4-8-14(15)11-10-13-6-2-1-3-7-13/h1-9,16H,10-12H2. The van der Waals surface area contributed by atoms with Gasteiger partial charge in [0.2, 0.25) is 0 Å². The van der Waals surface area contributed by atoms with Crippen LogP contribution < -0.4 is 0 Å². The molecule has 1 nitrogen and oxygen atoms in total. The fourth-order valence-electron chi connectivity index (χ4n) is 1.88. The largest absolute Gasteiger partial charge is 0.392 e. The van der Waals surface area contributed by atoms with Crippen LogP contribution in [0, 0.1) is 0 Å². The third kappa shape index (κ3) is 2.71. The summed E-state index contributed by atoms with van der Waals surface area (Å²) in [6.07, 6.45) is 2.01. The molecule has 0 heterocycles. The van der Waals surface area contributed by atoms with E-state index < -0.39 is 0 Å². The third-order valence-electron chi connectivity index (χ3n) is 2.81. The second-order valence-electron chi connectivity index (χ2n) is 3.91. The average Bonchev–Trinajstić information content (AvgIpc) is 2.38. The Hall–Kier alpha value is -1.60. The highest BCUT2D eigenvalue weighted by molar-refractivity contribution is 5.28. The van der Waals surface area contributed by atoms with Crippen LogP contribution in [-0.2, 0) is 19.4 Å². The zero-order valence-corrected chi connectivity index (χ0v) is 9.26. The lowest BCUT2D eigenvalue weighted by atomic mass is 10.0. The molecule has 0 fully saturated rings. The van der Waals surface area contributed by atoms with Crippen molar-refractivity contribution >= 4 is 0 Å². The maximum absolute atomic E-state index is 9.22. The van der Waals surface area contributed by atoms with Gasteiger partial charge in [-0.2, -0.15) is 0 Å². The zero-order chi connectivity index (χ0) is 11.2. The molecule has 0 aliphatic heterocycles. The average molecular weight is 212 g/mol. The number of aryl methyl sites for hydroxylation is 2. The fourth-order valence-corrected chi connectivity index (χ4v) is 1.88. The number of hydrogen-bond donors (Lipinski definition) is 1. The van der Waals surface area contributed by atoms with Crippen molar-refractivity contribution in [1.29, 1.82) is 0 Å². The molecule has 16 heavy (non-hydrogen) atoms. The first kappa shape index (κ1) is 10.9. The van der Waals surface area contributed by atoms with E-state index in [1.165, 1.54) is 11.1 Å². The monoisotopic (exact) mass is 212 g/mol. The Morgan fingerprint density at radius 3 is 2.00 bits per heavy atom. The van der Waals surface area contributed by atoms with E-state index in [2.05, 4.69) is 30.3 Å². The van der Waals surface area contributed by atoms with Gasteiger partial charge in [0.15, 0.2) is 0 Å². The highest BCUT2D eigenvalue weighted by Crippen LogP contribution is 2.12. The topological polar surface area (TPSA) is 20.2 Å². The normalized spacial score (nSPS) is 10.3. The predicted octanol–water partition coefficient (Wildman–Crippen LogP) is 2.96. The fraction of sp³-hybridized carbons (Fsp3) is 0.200. The second-order valence-corrected chi connectivity index (χ2v) is 3.91. The van der Waals surface area contributed by atoms with Crippen molar-refractivity contribution in [3.05, 3.63) is 71.3 Å². The molecule has 0 aliphatic rings. The van der Waals surface area contributed by atoms with Crippen LogP contribution in [0.2, 0.25) is 0 Å². The molecule has 0 amide bonds. The highest BCUT2D eigenvalue weighted by Gasteiger charge is 2.00. The molecule has 0 spiro atoms. The van der Waals surface area contributed by atoms with E-state index in [0.717, 1.165) is 18.4 Å². The Balaban J connectivity index is 2.05. The minimum atomic E-state index is 0.130. The Morgan fingerprint density at radius 1 is 0.688 bits per heavy atom. The Kier molecular flexibility index (Phi) is 3.73. The van der Waals surface area contributed by atoms with Crippen molar-refractivity contribution in [1.82, 2.24) is 0 Å². The van der Waals surface area contributed by atoms with Gasteiger partial charge in [-0.15, -0.1) is 0 Å². The van der Waals surface area contributed by atoms with E-state index >= 15 is 0 Å². The molecule has 2 aromatic carbocycles. The van der Waals surface area contributed by atoms with Crippen LogP contribution in [0.4, 0.5) is 0 Å². The SMILES string of the molecule is OCc1ccccc1CCc1ccccc1. The first-order valence-corrected chi connectivity index (χ1v) is 5.61.